The van der Waals surface area contributed by atoms with E-state index in [-0.39, 0.29) is 29.8 Å². The van der Waals surface area contributed by atoms with Crippen LogP contribution in [0.3, 0.4) is 0 Å². The van der Waals surface area contributed by atoms with E-state index in [4.69, 9.17) is 19.9 Å². The first-order chi connectivity index (χ1) is 15.5. The van der Waals surface area contributed by atoms with Crippen LogP contribution in [0.5, 0.6) is 0 Å². The molecule has 1 aliphatic heterocycles. The average Bonchev–Trinajstić information content (AvgIpc) is 2.83. The molecule has 32 heavy (non-hydrogen) atoms. The fourth-order valence-corrected chi connectivity index (χ4v) is 3.41. The Morgan fingerprint density at radius 3 is 2.56 bits per heavy atom. The van der Waals surface area contributed by atoms with Crippen LogP contribution in [-0.4, -0.2) is 63.0 Å². The zero-order valence-electron chi connectivity index (χ0n) is 18.4. The van der Waals surface area contributed by atoms with Crippen molar-refractivity contribution in [3.63, 3.8) is 0 Å². The SMILES string of the molecule is CNC(=O)c1cc(C(=O)NCCCC2OCC(N)CO2)cc([C@@H](OC)c2ccccc2)n1. The van der Waals surface area contributed by atoms with E-state index in [2.05, 4.69) is 15.6 Å². The van der Waals surface area contributed by atoms with Gasteiger partial charge >= 0.3 is 0 Å². The number of benzene rings is 1. The summed E-state index contributed by atoms with van der Waals surface area (Å²) in [4.78, 5) is 29.5. The standard InChI is InChI=1S/C23H30N4O5/c1-25-23(29)19-12-16(11-18(27-19)21(30-2)15-7-4-3-5-8-15)22(28)26-10-6-9-20-31-13-17(24)14-32-20/h3-5,7-8,11-12,17,20-21H,6,9-10,13-14,24H2,1-2H3,(H,25,29)(H,26,28)/t17?,20?,21-/m0/s1. The summed E-state index contributed by atoms with van der Waals surface area (Å²) in [7, 11) is 3.08. The summed E-state index contributed by atoms with van der Waals surface area (Å²) < 4.78 is 16.6. The van der Waals surface area contributed by atoms with Gasteiger partial charge in [-0.15, -0.1) is 0 Å². The van der Waals surface area contributed by atoms with E-state index in [1.807, 2.05) is 30.3 Å². The molecule has 1 aliphatic rings. The molecule has 0 unspecified atom stereocenters. The van der Waals surface area contributed by atoms with Crippen LogP contribution < -0.4 is 16.4 Å². The van der Waals surface area contributed by atoms with Gasteiger partial charge in [-0.05, 0) is 24.1 Å². The molecular weight excluding hydrogens is 412 g/mol. The second kappa shape index (κ2) is 11.7. The number of rotatable bonds is 9. The lowest BCUT2D eigenvalue weighted by Crippen LogP contribution is -2.41. The van der Waals surface area contributed by atoms with Gasteiger partial charge in [0.15, 0.2) is 6.29 Å². The number of hydrogen-bond acceptors (Lipinski definition) is 7. The average molecular weight is 443 g/mol. The number of nitrogens with two attached hydrogens (primary N) is 1. The van der Waals surface area contributed by atoms with Gasteiger partial charge in [0.2, 0.25) is 0 Å². The van der Waals surface area contributed by atoms with E-state index >= 15 is 0 Å². The van der Waals surface area contributed by atoms with Crippen LogP contribution in [0.2, 0.25) is 0 Å². The number of aromatic nitrogens is 1. The third kappa shape index (κ3) is 6.33. The Morgan fingerprint density at radius 1 is 1.19 bits per heavy atom. The molecule has 4 N–H and O–H groups in total. The molecule has 0 saturated carbocycles. The van der Waals surface area contributed by atoms with E-state index in [1.54, 1.807) is 13.2 Å². The highest BCUT2D eigenvalue weighted by atomic mass is 16.7. The van der Waals surface area contributed by atoms with E-state index in [0.29, 0.717) is 43.9 Å². The number of amides is 2. The van der Waals surface area contributed by atoms with Crippen LogP contribution in [-0.2, 0) is 14.2 Å². The summed E-state index contributed by atoms with van der Waals surface area (Å²) in [6.45, 7) is 1.38. The van der Waals surface area contributed by atoms with Crippen LogP contribution in [0.15, 0.2) is 42.5 Å². The van der Waals surface area contributed by atoms with Gasteiger partial charge in [-0.2, -0.15) is 0 Å². The maximum Gasteiger partial charge on any atom is 0.269 e. The van der Waals surface area contributed by atoms with Gasteiger partial charge < -0.3 is 30.6 Å². The summed E-state index contributed by atoms with van der Waals surface area (Å²) in [5.41, 5.74) is 7.56. The summed E-state index contributed by atoms with van der Waals surface area (Å²) in [5, 5.41) is 5.43. The second-order valence-electron chi connectivity index (χ2n) is 7.53. The summed E-state index contributed by atoms with van der Waals surface area (Å²) in [5.74, 6) is -0.678. The molecule has 0 aliphatic carbocycles. The molecule has 2 amide bonds. The predicted octanol–water partition coefficient (Wildman–Crippen LogP) is 1.39. The minimum Gasteiger partial charge on any atom is -0.370 e. The number of hydrogen-bond donors (Lipinski definition) is 3. The number of methoxy groups -OCH3 is 1. The van der Waals surface area contributed by atoms with E-state index in [9.17, 15) is 9.59 Å². The first kappa shape index (κ1) is 23.8. The quantitative estimate of drug-likeness (QED) is 0.501. The van der Waals surface area contributed by atoms with Crippen molar-refractivity contribution in [3.05, 3.63) is 65.0 Å². The molecule has 1 atom stereocenters. The minimum atomic E-state index is -0.515. The zero-order valence-corrected chi connectivity index (χ0v) is 18.4. The smallest absolute Gasteiger partial charge is 0.269 e. The molecule has 9 nitrogen and oxygen atoms in total. The first-order valence-corrected chi connectivity index (χ1v) is 10.6. The van der Waals surface area contributed by atoms with Gasteiger partial charge in [0.1, 0.15) is 11.8 Å². The number of pyridine rings is 1. The monoisotopic (exact) mass is 442 g/mol. The second-order valence-corrected chi connectivity index (χ2v) is 7.53. The predicted molar refractivity (Wildman–Crippen MR) is 118 cm³/mol. The highest BCUT2D eigenvalue weighted by molar-refractivity contribution is 5.98. The molecule has 1 aromatic heterocycles. The number of nitrogens with zero attached hydrogens (tertiary/aromatic N) is 1. The van der Waals surface area contributed by atoms with Crippen molar-refractivity contribution in [2.75, 3.05) is 33.9 Å². The lowest BCUT2D eigenvalue weighted by molar-refractivity contribution is -0.188. The molecule has 3 rings (SSSR count). The fourth-order valence-electron chi connectivity index (χ4n) is 3.41. The third-order valence-electron chi connectivity index (χ3n) is 5.07. The Hall–Kier alpha value is -2.85. The van der Waals surface area contributed by atoms with Crippen molar-refractivity contribution < 1.29 is 23.8 Å². The van der Waals surface area contributed by atoms with Crippen molar-refractivity contribution in [1.29, 1.82) is 0 Å². The highest BCUT2D eigenvalue weighted by Crippen LogP contribution is 2.25. The molecular formula is C23H30N4O5. The molecule has 0 spiro atoms. The van der Waals surface area contributed by atoms with Crippen LogP contribution >= 0.6 is 0 Å². The van der Waals surface area contributed by atoms with Crippen LogP contribution in [0.1, 0.15) is 51.0 Å². The normalized spacial score (nSPS) is 19.2. The third-order valence-corrected chi connectivity index (χ3v) is 5.07. The number of carbonyl (C=O) groups is 2. The van der Waals surface area contributed by atoms with Gasteiger partial charge in [-0.25, -0.2) is 4.98 Å². The fraction of sp³-hybridized carbons (Fsp3) is 0.435. The number of ether oxygens (including phenoxy) is 3. The van der Waals surface area contributed by atoms with Crippen LogP contribution in [0.4, 0.5) is 0 Å². The van der Waals surface area contributed by atoms with Gasteiger partial charge in [0.05, 0.1) is 24.9 Å². The van der Waals surface area contributed by atoms with E-state index in [1.165, 1.54) is 13.1 Å². The van der Waals surface area contributed by atoms with Crippen LogP contribution in [0, 0.1) is 0 Å². The molecule has 2 heterocycles. The Balaban J connectivity index is 1.69. The molecule has 172 valence electrons. The molecule has 9 heteroatoms. The summed E-state index contributed by atoms with van der Waals surface area (Å²) in [6, 6.07) is 12.5. The number of nitrogens with one attached hydrogen (secondary N) is 2. The Kier molecular flexibility index (Phi) is 8.69. The maximum absolute atomic E-state index is 12.8. The van der Waals surface area contributed by atoms with Gasteiger partial charge in [-0.3, -0.25) is 9.59 Å². The molecule has 1 saturated heterocycles. The number of carbonyl (C=O) groups excluding carboxylic acids is 2. The molecule has 1 aromatic carbocycles. The molecule has 0 radical (unpaired) electrons. The Bertz CT molecular complexity index is 901. The Morgan fingerprint density at radius 2 is 1.91 bits per heavy atom. The van der Waals surface area contributed by atoms with Crippen molar-refractivity contribution in [1.82, 2.24) is 15.6 Å². The van der Waals surface area contributed by atoms with Crippen molar-refractivity contribution in [2.45, 2.75) is 31.3 Å². The maximum atomic E-state index is 12.8. The van der Waals surface area contributed by atoms with Gasteiger partial charge in [-0.1, -0.05) is 30.3 Å². The Labute approximate surface area is 187 Å². The zero-order chi connectivity index (χ0) is 22.9. The van der Waals surface area contributed by atoms with E-state index < -0.39 is 6.10 Å². The summed E-state index contributed by atoms with van der Waals surface area (Å²) in [6.07, 6.45) is 0.515. The molecule has 0 bridgehead atoms. The van der Waals surface area contributed by atoms with Crippen LogP contribution in [0.25, 0.3) is 0 Å². The molecule has 1 fully saturated rings. The van der Waals surface area contributed by atoms with Crippen molar-refractivity contribution in [3.8, 4) is 0 Å². The van der Waals surface area contributed by atoms with Gasteiger partial charge in [0, 0.05) is 32.7 Å². The summed E-state index contributed by atoms with van der Waals surface area (Å²) >= 11 is 0. The minimum absolute atomic E-state index is 0.0897. The van der Waals surface area contributed by atoms with Crippen molar-refractivity contribution >= 4 is 11.8 Å². The lowest BCUT2D eigenvalue weighted by Gasteiger charge is -2.27. The van der Waals surface area contributed by atoms with Crippen molar-refractivity contribution in [2.24, 2.45) is 5.73 Å². The lowest BCUT2D eigenvalue weighted by atomic mass is 10.0. The molecule has 2 aromatic rings. The first-order valence-electron chi connectivity index (χ1n) is 10.6. The topological polar surface area (TPSA) is 125 Å². The van der Waals surface area contributed by atoms with E-state index in [0.717, 1.165) is 5.56 Å². The highest BCUT2D eigenvalue weighted by Gasteiger charge is 2.21. The van der Waals surface area contributed by atoms with Gasteiger partial charge in [0.25, 0.3) is 11.8 Å². The largest absolute Gasteiger partial charge is 0.370 e.